The third kappa shape index (κ3) is 6.18. The van der Waals surface area contributed by atoms with Gasteiger partial charge in [-0.15, -0.1) is 0 Å². The Hall–Kier alpha value is -5.13. The van der Waals surface area contributed by atoms with E-state index in [2.05, 4.69) is 10.5 Å². The Bertz CT molecular complexity index is 1270. The number of nitro groups is 2. The summed E-state index contributed by atoms with van der Waals surface area (Å²) in [4.78, 5) is 44.8. The van der Waals surface area contributed by atoms with Gasteiger partial charge in [-0.25, -0.2) is 10.2 Å². The molecule has 12 heteroatoms. The van der Waals surface area contributed by atoms with Crippen LogP contribution in [0.2, 0.25) is 0 Å². The van der Waals surface area contributed by atoms with E-state index in [0.29, 0.717) is 5.56 Å². The van der Waals surface area contributed by atoms with Gasteiger partial charge in [-0.2, -0.15) is 5.10 Å². The molecule has 1 heterocycles. The highest BCUT2D eigenvalue weighted by Crippen LogP contribution is 2.23. The molecule has 1 aromatic heterocycles. The second-order valence-corrected chi connectivity index (χ2v) is 6.26. The lowest BCUT2D eigenvalue weighted by molar-refractivity contribution is -0.385. The van der Waals surface area contributed by atoms with Gasteiger partial charge in [0.15, 0.2) is 5.76 Å². The summed E-state index contributed by atoms with van der Waals surface area (Å²) in [6.45, 7) is 0. The summed E-state index contributed by atoms with van der Waals surface area (Å²) in [5.41, 5.74) is 2.19. The van der Waals surface area contributed by atoms with Gasteiger partial charge in [0.1, 0.15) is 5.75 Å². The number of non-ortho nitro benzene ring substituents is 2. The highest BCUT2D eigenvalue weighted by atomic mass is 16.6. The fraction of sp³-hybridized carbons (Fsp3) is 0. The second kappa shape index (κ2) is 10.3. The summed E-state index contributed by atoms with van der Waals surface area (Å²) in [5.74, 6) is -1.56. The first-order valence-corrected chi connectivity index (χ1v) is 9.13. The summed E-state index contributed by atoms with van der Waals surface area (Å²) in [5, 5.41) is 25.6. The van der Waals surface area contributed by atoms with E-state index in [-0.39, 0.29) is 28.4 Å². The summed E-state index contributed by atoms with van der Waals surface area (Å²) >= 11 is 0. The predicted molar refractivity (Wildman–Crippen MR) is 115 cm³/mol. The van der Waals surface area contributed by atoms with Gasteiger partial charge in [-0.3, -0.25) is 25.0 Å². The average Bonchev–Trinajstić information content (AvgIpc) is 3.34. The number of rotatable bonds is 8. The molecule has 0 fully saturated rings. The van der Waals surface area contributed by atoms with E-state index in [1.54, 1.807) is 6.07 Å². The molecule has 0 aliphatic heterocycles. The maximum absolute atomic E-state index is 12.2. The SMILES string of the molecule is O=C(/C=C/c1cccc([N+](=O)[O-])c1)Oc1ccc([N+](=O)[O-])cc1/C=N/NC(=O)c1ccco1. The minimum absolute atomic E-state index is 0.00382. The maximum Gasteiger partial charge on any atom is 0.336 e. The molecule has 1 amide bonds. The summed E-state index contributed by atoms with van der Waals surface area (Å²) < 4.78 is 10.1. The highest BCUT2D eigenvalue weighted by molar-refractivity contribution is 5.94. The standard InChI is InChI=1S/C21H14N4O8/c26-20(9-6-14-3-1-4-16(11-14)24(28)29)33-18-8-7-17(25(30)31)12-15(18)13-22-23-21(27)19-5-2-10-32-19/h1-13H,(H,23,27)/b9-6+,22-13+. The van der Waals surface area contributed by atoms with Crippen molar-refractivity contribution in [3.8, 4) is 5.75 Å². The Kier molecular flexibility index (Phi) is 7.01. The first-order valence-electron chi connectivity index (χ1n) is 9.13. The van der Waals surface area contributed by atoms with Gasteiger partial charge in [0.25, 0.3) is 11.4 Å². The van der Waals surface area contributed by atoms with Gasteiger partial charge in [0.2, 0.25) is 0 Å². The van der Waals surface area contributed by atoms with E-state index in [0.717, 1.165) is 24.4 Å². The molecule has 0 unspecified atom stereocenters. The Morgan fingerprint density at radius 3 is 2.45 bits per heavy atom. The molecule has 3 aromatic rings. The van der Waals surface area contributed by atoms with Crippen molar-refractivity contribution in [3.63, 3.8) is 0 Å². The number of nitrogens with one attached hydrogen (secondary N) is 1. The first kappa shape index (κ1) is 22.6. The maximum atomic E-state index is 12.2. The van der Waals surface area contributed by atoms with Gasteiger partial charge < -0.3 is 9.15 Å². The van der Waals surface area contributed by atoms with Crippen LogP contribution >= 0.6 is 0 Å². The van der Waals surface area contributed by atoms with Crippen molar-refractivity contribution < 1.29 is 28.6 Å². The molecule has 0 aliphatic rings. The van der Waals surface area contributed by atoms with E-state index in [4.69, 9.17) is 9.15 Å². The van der Waals surface area contributed by atoms with Crippen LogP contribution in [0, 0.1) is 20.2 Å². The number of hydrogen-bond acceptors (Lipinski definition) is 9. The van der Waals surface area contributed by atoms with Gasteiger partial charge in [-0.1, -0.05) is 12.1 Å². The molecule has 0 spiro atoms. The number of benzene rings is 2. The van der Waals surface area contributed by atoms with Crippen LogP contribution in [0.5, 0.6) is 5.75 Å². The van der Waals surface area contributed by atoms with Crippen molar-refractivity contribution in [1.82, 2.24) is 5.43 Å². The molecule has 0 radical (unpaired) electrons. The molecule has 0 bridgehead atoms. The number of ether oxygens (including phenoxy) is 1. The number of carbonyl (C=O) groups is 2. The van der Waals surface area contributed by atoms with Gasteiger partial charge in [0, 0.05) is 35.9 Å². The van der Waals surface area contributed by atoms with Crippen LogP contribution in [0.3, 0.4) is 0 Å². The molecular weight excluding hydrogens is 436 g/mol. The van der Waals surface area contributed by atoms with E-state index in [9.17, 15) is 29.8 Å². The summed E-state index contributed by atoms with van der Waals surface area (Å²) in [6.07, 6.45) is 4.73. The highest BCUT2D eigenvalue weighted by Gasteiger charge is 2.13. The van der Waals surface area contributed by atoms with E-state index >= 15 is 0 Å². The molecule has 0 saturated heterocycles. The van der Waals surface area contributed by atoms with Crippen molar-refractivity contribution in [2.24, 2.45) is 5.10 Å². The molecule has 0 saturated carbocycles. The molecule has 0 atom stereocenters. The molecule has 3 rings (SSSR count). The Balaban J connectivity index is 1.76. The first-order chi connectivity index (χ1) is 15.8. The number of nitro benzene ring substituents is 2. The third-order valence-corrected chi connectivity index (χ3v) is 4.02. The van der Waals surface area contributed by atoms with Crippen LogP contribution in [0.4, 0.5) is 11.4 Å². The number of nitrogens with zero attached hydrogens (tertiary/aromatic N) is 3. The Morgan fingerprint density at radius 2 is 1.76 bits per heavy atom. The number of furan rings is 1. The topological polar surface area (TPSA) is 167 Å². The van der Waals surface area contributed by atoms with E-state index < -0.39 is 21.7 Å². The zero-order valence-electron chi connectivity index (χ0n) is 16.6. The molecular formula is C21H14N4O8. The van der Waals surface area contributed by atoms with Crippen LogP contribution < -0.4 is 10.2 Å². The van der Waals surface area contributed by atoms with Crippen molar-refractivity contribution in [1.29, 1.82) is 0 Å². The van der Waals surface area contributed by atoms with Gasteiger partial charge in [0.05, 0.1) is 22.3 Å². The normalized spacial score (nSPS) is 10.9. The fourth-order valence-electron chi connectivity index (χ4n) is 2.52. The number of hydrazone groups is 1. The van der Waals surface area contributed by atoms with Crippen LogP contribution in [0.15, 0.2) is 76.5 Å². The molecule has 12 nitrogen and oxygen atoms in total. The quantitative estimate of drug-likeness (QED) is 0.136. The van der Waals surface area contributed by atoms with Crippen molar-refractivity contribution >= 4 is 35.5 Å². The fourth-order valence-corrected chi connectivity index (χ4v) is 2.52. The zero-order valence-corrected chi connectivity index (χ0v) is 16.6. The van der Waals surface area contributed by atoms with Crippen molar-refractivity contribution in [2.45, 2.75) is 0 Å². The lowest BCUT2D eigenvalue weighted by Crippen LogP contribution is -2.17. The Morgan fingerprint density at radius 1 is 1.00 bits per heavy atom. The van der Waals surface area contributed by atoms with Gasteiger partial charge in [-0.05, 0) is 29.8 Å². The van der Waals surface area contributed by atoms with Gasteiger partial charge >= 0.3 is 11.9 Å². The lowest BCUT2D eigenvalue weighted by atomic mass is 10.2. The second-order valence-electron chi connectivity index (χ2n) is 6.26. The van der Waals surface area contributed by atoms with Crippen LogP contribution in [-0.2, 0) is 4.79 Å². The van der Waals surface area contributed by atoms with Crippen LogP contribution in [0.1, 0.15) is 21.7 Å². The number of esters is 1. The number of hydrogen-bond donors (Lipinski definition) is 1. The molecule has 33 heavy (non-hydrogen) atoms. The summed E-state index contributed by atoms with van der Waals surface area (Å²) in [7, 11) is 0. The van der Waals surface area contributed by atoms with E-state index in [1.165, 1.54) is 48.7 Å². The number of carbonyl (C=O) groups excluding carboxylic acids is 2. The molecule has 166 valence electrons. The minimum atomic E-state index is -0.843. The largest absolute Gasteiger partial charge is 0.459 e. The average molecular weight is 450 g/mol. The van der Waals surface area contributed by atoms with Crippen molar-refractivity contribution in [2.75, 3.05) is 0 Å². The summed E-state index contributed by atoms with van der Waals surface area (Å²) in [6, 6.07) is 12.0. The van der Waals surface area contributed by atoms with E-state index in [1.807, 2.05) is 0 Å². The van der Waals surface area contributed by atoms with Crippen LogP contribution in [-0.4, -0.2) is 27.9 Å². The predicted octanol–water partition coefficient (Wildman–Crippen LogP) is 3.48. The third-order valence-electron chi connectivity index (χ3n) is 4.02. The molecule has 0 aliphatic carbocycles. The Labute approximate surface area is 185 Å². The zero-order chi connectivity index (χ0) is 23.8. The minimum Gasteiger partial charge on any atom is -0.459 e. The smallest absolute Gasteiger partial charge is 0.336 e. The monoisotopic (exact) mass is 450 g/mol. The molecule has 2 aromatic carbocycles. The number of amides is 1. The van der Waals surface area contributed by atoms with Crippen molar-refractivity contribution in [3.05, 3.63) is 104 Å². The van der Waals surface area contributed by atoms with Crippen LogP contribution in [0.25, 0.3) is 6.08 Å². The molecule has 1 N–H and O–H groups in total. The lowest BCUT2D eigenvalue weighted by Gasteiger charge is -2.05.